The Morgan fingerprint density at radius 2 is 1.48 bits per heavy atom. The highest BCUT2D eigenvalue weighted by Gasteiger charge is 2.36. The average Bonchev–Trinajstić information content (AvgIpc) is 2.90. The number of anilines is 1. The van der Waals surface area contributed by atoms with Gasteiger partial charge in [0, 0.05) is 48.2 Å². The molecular formula is C30H35Cl2FN4O4S. The smallest absolute Gasteiger partial charge is 0.304 e. The Balaban J connectivity index is 2.15. The van der Waals surface area contributed by atoms with Crippen LogP contribution in [0.25, 0.3) is 0 Å². The lowest BCUT2D eigenvalue weighted by Crippen LogP contribution is -2.56. The van der Waals surface area contributed by atoms with Gasteiger partial charge in [0.15, 0.2) is 0 Å². The van der Waals surface area contributed by atoms with Crippen LogP contribution in [-0.4, -0.2) is 61.7 Å². The summed E-state index contributed by atoms with van der Waals surface area (Å²) in [6.07, 6.45) is 0.132. The third-order valence-corrected chi connectivity index (χ3v) is 8.82. The zero-order valence-corrected chi connectivity index (χ0v) is 26.5. The molecule has 42 heavy (non-hydrogen) atoms. The van der Waals surface area contributed by atoms with Crippen LogP contribution in [0.15, 0.2) is 72.8 Å². The fraction of sp³-hybridized carbons (Fsp3) is 0.333. The van der Waals surface area contributed by atoms with Gasteiger partial charge in [-0.05, 0) is 62.7 Å². The molecule has 0 aromatic heterocycles. The van der Waals surface area contributed by atoms with Gasteiger partial charge >= 0.3 is 10.2 Å². The molecule has 226 valence electrons. The summed E-state index contributed by atoms with van der Waals surface area (Å²) in [5, 5.41) is 3.52. The molecule has 3 rings (SSSR count). The first-order valence-electron chi connectivity index (χ1n) is 13.1. The number of carbonyl (C=O) groups is 2. The van der Waals surface area contributed by atoms with Crippen molar-refractivity contribution in [2.75, 3.05) is 24.9 Å². The number of rotatable bonds is 11. The van der Waals surface area contributed by atoms with Gasteiger partial charge in [-0.2, -0.15) is 12.7 Å². The molecule has 1 N–H and O–H groups in total. The first kappa shape index (κ1) is 33.3. The third kappa shape index (κ3) is 8.67. The summed E-state index contributed by atoms with van der Waals surface area (Å²) in [4.78, 5) is 29.4. The second-order valence-corrected chi connectivity index (χ2v) is 13.8. The Morgan fingerprint density at radius 1 is 0.905 bits per heavy atom. The molecule has 1 unspecified atom stereocenters. The van der Waals surface area contributed by atoms with Gasteiger partial charge in [0.2, 0.25) is 11.8 Å². The van der Waals surface area contributed by atoms with Gasteiger partial charge in [-0.1, -0.05) is 59.6 Å². The van der Waals surface area contributed by atoms with Crippen LogP contribution in [0.4, 0.5) is 10.1 Å². The van der Waals surface area contributed by atoms with Crippen molar-refractivity contribution in [1.29, 1.82) is 0 Å². The van der Waals surface area contributed by atoms with Gasteiger partial charge < -0.3 is 10.2 Å². The molecular weight excluding hydrogens is 602 g/mol. The van der Waals surface area contributed by atoms with Gasteiger partial charge in [0.1, 0.15) is 18.4 Å². The summed E-state index contributed by atoms with van der Waals surface area (Å²) in [6.45, 7) is 4.61. The van der Waals surface area contributed by atoms with E-state index in [2.05, 4.69) is 5.32 Å². The summed E-state index contributed by atoms with van der Waals surface area (Å²) in [5.41, 5.74) is 0.635. The number of nitrogens with one attached hydrogen (secondary N) is 1. The lowest BCUT2D eigenvalue weighted by atomic mass is 10.0. The third-order valence-electron chi connectivity index (χ3n) is 6.29. The van der Waals surface area contributed by atoms with Crippen LogP contribution in [0.5, 0.6) is 0 Å². The predicted molar refractivity (Wildman–Crippen MR) is 165 cm³/mol. The zero-order valence-electron chi connectivity index (χ0n) is 24.1. The van der Waals surface area contributed by atoms with Crippen molar-refractivity contribution in [3.63, 3.8) is 0 Å². The lowest BCUT2D eigenvalue weighted by Gasteiger charge is -2.36. The van der Waals surface area contributed by atoms with Crippen molar-refractivity contribution < 1.29 is 22.4 Å². The van der Waals surface area contributed by atoms with E-state index in [1.807, 2.05) is 51.1 Å². The van der Waals surface area contributed by atoms with Crippen molar-refractivity contribution in [2.45, 2.75) is 45.3 Å². The van der Waals surface area contributed by atoms with E-state index >= 15 is 0 Å². The summed E-state index contributed by atoms with van der Waals surface area (Å²) >= 11 is 13.0. The predicted octanol–water partition coefficient (Wildman–Crippen LogP) is 5.30. The van der Waals surface area contributed by atoms with Gasteiger partial charge in [-0.25, -0.2) is 8.70 Å². The highest BCUT2D eigenvalue weighted by Crippen LogP contribution is 2.28. The Morgan fingerprint density at radius 3 is 2.00 bits per heavy atom. The highest BCUT2D eigenvalue weighted by molar-refractivity contribution is 7.90. The van der Waals surface area contributed by atoms with E-state index in [-0.39, 0.29) is 28.7 Å². The minimum atomic E-state index is -4.21. The van der Waals surface area contributed by atoms with E-state index in [0.29, 0.717) is 5.56 Å². The minimum Gasteiger partial charge on any atom is -0.350 e. The van der Waals surface area contributed by atoms with Crippen molar-refractivity contribution in [3.8, 4) is 0 Å². The fourth-order valence-corrected chi connectivity index (χ4v) is 5.76. The van der Waals surface area contributed by atoms with Gasteiger partial charge in [0.05, 0.1) is 5.69 Å². The molecule has 0 bridgehead atoms. The molecule has 0 heterocycles. The van der Waals surface area contributed by atoms with Gasteiger partial charge in [0.25, 0.3) is 0 Å². The number of carbonyl (C=O) groups excluding carboxylic acids is 2. The zero-order chi connectivity index (χ0) is 31.2. The second kappa shape index (κ2) is 13.9. The standard InChI is InChI=1S/C30H35Cl2FN4O4S/c1-30(2,3)34-29(39)27(18-21-10-7-6-8-11-21)36(19-24-25(31)12-9-13-26(24)32)28(38)20-37(42(40,41)35(4)5)23-16-14-22(33)15-17-23/h6-17,27H,18-20H2,1-5H3,(H,34,39). The van der Waals surface area contributed by atoms with Gasteiger partial charge in [-0.3, -0.25) is 9.59 Å². The number of nitrogens with zero attached hydrogens (tertiary/aromatic N) is 3. The summed E-state index contributed by atoms with van der Waals surface area (Å²) < 4.78 is 42.3. The van der Waals surface area contributed by atoms with Crippen LogP contribution in [0.1, 0.15) is 31.9 Å². The molecule has 3 aromatic carbocycles. The maximum atomic E-state index is 14.3. The lowest BCUT2D eigenvalue weighted by molar-refractivity contribution is -0.140. The Labute approximate surface area is 257 Å². The van der Waals surface area contributed by atoms with E-state index < -0.39 is 46.0 Å². The van der Waals surface area contributed by atoms with Crippen LogP contribution >= 0.6 is 23.2 Å². The molecule has 0 saturated carbocycles. The molecule has 2 amide bonds. The normalized spacial score (nSPS) is 12.6. The topological polar surface area (TPSA) is 90.0 Å². The van der Waals surface area contributed by atoms with Crippen molar-refractivity contribution in [1.82, 2.24) is 14.5 Å². The van der Waals surface area contributed by atoms with Crippen LogP contribution in [0.2, 0.25) is 10.0 Å². The van der Waals surface area contributed by atoms with Crippen molar-refractivity contribution in [3.05, 3.63) is 99.8 Å². The Kier molecular flexibility index (Phi) is 11.0. The maximum Gasteiger partial charge on any atom is 0.304 e. The second-order valence-electron chi connectivity index (χ2n) is 10.9. The number of hydrogen-bond acceptors (Lipinski definition) is 4. The van der Waals surface area contributed by atoms with E-state index in [4.69, 9.17) is 23.2 Å². The number of hydrogen-bond donors (Lipinski definition) is 1. The highest BCUT2D eigenvalue weighted by atomic mass is 35.5. The van der Waals surface area contributed by atoms with Crippen LogP contribution in [0, 0.1) is 5.82 Å². The Bertz CT molecular complexity index is 1480. The molecule has 1 atom stereocenters. The monoisotopic (exact) mass is 636 g/mol. The molecule has 12 heteroatoms. The minimum absolute atomic E-state index is 0.0768. The van der Waals surface area contributed by atoms with E-state index in [1.54, 1.807) is 18.2 Å². The SMILES string of the molecule is CN(C)S(=O)(=O)N(CC(=O)N(Cc1c(Cl)cccc1Cl)C(Cc1ccccc1)C(=O)NC(C)(C)C)c1ccc(F)cc1. The summed E-state index contributed by atoms with van der Waals surface area (Å²) in [7, 11) is -1.56. The molecule has 0 fully saturated rings. The van der Waals surface area contributed by atoms with E-state index in [0.717, 1.165) is 26.3 Å². The quantitative estimate of drug-likeness (QED) is 0.309. The number of amides is 2. The molecule has 0 saturated heterocycles. The molecule has 0 aliphatic rings. The van der Waals surface area contributed by atoms with Crippen LogP contribution in [0.3, 0.4) is 0 Å². The molecule has 0 aliphatic heterocycles. The van der Waals surface area contributed by atoms with Crippen molar-refractivity contribution in [2.24, 2.45) is 0 Å². The van der Waals surface area contributed by atoms with Crippen molar-refractivity contribution >= 4 is 50.9 Å². The molecule has 0 radical (unpaired) electrons. The first-order chi connectivity index (χ1) is 19.6. The fourth-order valence-electron chi connectivity index (χ4n) is 4.18. The van der Waals surface area contributed by atoms with Gasteiger partial charge in [-0.15, -0.1) is 0 Å². The average molecular weight is 638 g/mol. The maximum absolute atomic E-state index is 14.3. The summed E-state index contributed by atoms with van der Waals surface area (Å²) in [6, 6.07) is 17.7. The van der Waals surface area contributed by atoms with Crippen LogP contribution in [-0.2, 0) is 32.8 Å². The molecule has 8 nitrogen and oxygen atoms in total. The van der Waals surface area contributed by atoms with E-state index in [9.17, 15) is 22.4 Å². The molecule has 0 spiro atoms. The number of halogens is 3. The molecule has 0 aliphatic carbocycles. The first-order valence-corrected chi connectivity index (χ1v) is 15.3. The summed E-state index contributed by atoms with van der Waals surface area (Å²) in [5.74, 6) is -1.69. The number of benzene rings is 3. The van der Waals surface area contributed by atoms with E-state index in [1.165, 1.54) is 31.1 Å². The van der Waals surface area contributed by atoms with Crippen LogP contribution < -0.4 is 9.62 Å². The molecule has 3 aromatic rings. The largest absolute Gasteiger partial charge is 0.350 e. The Hall–Kier alpha value is -3.18.